The fourth-order valence-electron chi connectivity index (χ4n) is 2.37. The van der Waals surface area contributed by atoms with Gasteiger partial charge in [0.05, 0.1) is 4.90 Å². The van der Waals surface area contributed by atoms with Crippen LogP contribution in [0.3, 0.4) is 0 Å². The number of benzene rings is 3. The average Bonchev–Trinajstić information content (AvgIpc) is 2.53. The molecule has 3 nitrogen and oxygen atoms in total. The zero-order valence-corrected chi connectivity index (χ0v) is 13.5. The third-order valence-electron chi connectivity index (χ3n) is 3.61. The molecule has 0 aliphatic carbocycles. The molecule has 0 amide bonds. The highest BCUT2D eigenvalue weighted by Gasteiger charge is 2.11. The van der Waals surface area contributed by atoms with Gasteiger partial charge in [0.25, 0.3) is 9.05 Å². The van der Waals surface area contributed by atoms with Crippen molar-refractivity contribution < 1.29 is 8.42 Å². The molecule has 0 heterocycles. The molecule has 0 fully saturated rings. The molecule has 0 radical (unpaired) electrons. The summed E-state index contributed by atoms with van der Waals surface area (Å²) in [5.41, 5.74) is 2.11. The van der Waals surface area contributed by atoms with E-state index in [2.05, 4.69) is 4.90 Å². The standard InChI is InChI=1S/C17H14ClNO2S/c1-19(15-5-3-2-4-6-15)16-9-7-14-12-17(22(18,20)21)10-8-13(14)11-16/h2-12H,1H3. The summed E-state index contributed by atoms with van der Waals surface area (Å²) in [5, 5.41) is 1.80. The van der Waals surface area contributed by atoms with E-state index in [1.54, 1.807) is 12.1 Å². The predicted molar refractivity (Wildman–Crippen MR) is 91.5 cm³/mol. The van der Waals surface area contributed by atoms with E-state index in [0.29, 0.717) is 0 Å². The van der Waals surface area contributed by atoms with Crippen LogP contribution in [0.1, 0.15) is 0 Å². The van der Waals surface area contributed by atoms with Crippen LogP contribution in [0.15, 0.2) is 71.6 Å². The zero-order chi connectivity index (χ0) is 15.7. The van der Waals surface area contributed by atoms with E-state index in [1.807, 2.05) is 55.6 Å². The van der Waals surface area contributed by atoms with E-state index >= 15 is 0 Å². The minimum atomic E-state index is -3.70. The molecule has 3 aromatic rings. The molecule has 0 aliphatic rings. The summed E-state index contributed by atoms with van der Waals surface area (Å²) in [6.07, 6.45) is 0. The highest BCUT2D eigenvalue weighted by Crippen LogP contribution is 2.28. The third-order valence-corrected chi connectivity index (χ3v) is 4.96. The van der Waals surface area contributed by atoms with Crippen molar-refractivity contribution >= 4 is 41.9 Å². The second kappa shape index (κ2) is 5.63. The maximum absolute atomic E-state index is 11.4. The van der Waals surface area contributed by atoms with Crippen LogP contribution in [0.25, 0.3) is 10.8 Å². The fourth-order valence-corrected chi connectivity index (χ4v) is 3.16. The Bertz CT molecular complexity index is 924. The number of anilines is 2. The maximum atomic E-state index is 11.4. The topological polar surface area (TPSA) is 37.4 Å². The normalized spacial score (nSPS) is 11.5. The molecule has 3 rings (SSSR count). The van der Waals surface area contributed by atoms with E-state index in [0.717, 1.165) is 22.1 Å². The molecule has 0 saturated heterocycles. The predicted octanol–water partition coefficient (Wildman–Crippen LogP) is 4.54. The van der Waals surface area contributed by atoms with E-state index in [4.69, 9.17) is 10.7 Å². The van der Waals surface area contributed by atoms with Crippen molar-refractivity contribution in [1.29, 1.82) is 0 Å². The average molecular weight is 332 g/mol. The second-order valence-electron chi connectivity index (χ2n) is 5.03. The third kappa shape index (κ3) is 2.93. The monoisotopic (exact) mass is 331 g/mol. The van der Waals surface area contributed by atoms with Crippen molar-refractivity contribution in [2.45, 2.75) is 4.90 Å². The molecule has 5 heteroatoms. The van der Waals surface area contributed by atoms with Gasteiger partial charge in [-0.1, -0.05) is 30.3 Å². The van der Waals surface area contributed by atoms with Crippen LogP contribution in [0.2, 0.25) is 0 Å². The largest absolute Gasteiger partial charge is 0.345 e. The number of nitrogens with zero attached hydrogens (tertiary/aromatic N) is 1. The number of hydrogen-bond donors (Lipinski definition) is 0. The Hall–Kier alpha value is -2.04. The lowest BCUT2D eigenvalue weighted by molar-refractivity contribution is 0.609. The van der Waals surface area contributed by atoms with Gasteiger partial charge in [-0.25, -0.2) is 8.42 Å². The summed E-state index contributed by atoms with van der Waals surface area (Å²) in [7, 11) is 3.68. The Morgan fingerprint density at radius 2 is 1.45 bits per heavy atom. The minimum Gasteiger partial charge on any atom is -0.345 e. The van der Waals surface area contributed by atoms with Crippen LogP contribution in [0, 0.1) is 0 Å². The molecule has 0 spiro atoms. The van der Waals surface area contributed by atoms with E-state index in [1.165, 1.54) is 6.07 Å². The Kier molecular flexibility index (Phi) is 3.81. The Morgan fingerprint density at radius 1 is 0.818 bits per heavy atom. The first-order chi connectivity index (χ1) is 10.4. The van der Waals surface area contributed by atoms with E-state index in [-0.39, 0.29) is 4.90 Å². The Labute approximate surface area is 134 Å². The summed E-state index contributed by atoms with van der Waals surface area (Å²) in [5.74, 6) is 0. The highest BCUT2D eigenvalue weighted by atomic mass is 35.7. The number of halogens is 1. The SMILES string of the molecule is CN(c1ccccc1)c1ccc2cc(S(=O)(=O)Cl)ccc2c1. The smallest absolute Gasteiger partial charge is 0.261 e. The second-order valence-corrected chi connectivity index (χ2v) is 7.59. The number of hydrogen-bond acceptors (Lipinski definition) is 3. The summed E-state index contributed by atoms with van der Waals surface area (Å²) in [6, 6.07) is 20.8. The van der Waals surface area contributed by atoms with Gasteiger partial charge in [0.1, 0.15) is 0 Å². The molecule has 0 atom stereocenters. The molecular formula is C17H14ClNO2S. The minimum absolute atomic E-state index is 0.117. The van der Waals surface area contributed by atoms with Gasteiger partial charge in [0.15, 0.2) is 0 Å². The van der Waals surface area contributed by atoms with Gasteiger partial charge in [-0.3, -0.25) is 0 Å². The molecule has 0 unspecified atom stereocenters. The molecule has 0 aliphatic heterocycles. The number of rotatable bonds is 3. The van der Waals surface area contributed by atoms with Crippen LogP contribution in [-0.4, -0.2) is 15.5 Å². The van der Waals surface area contributed by atoms with Gasteiger partial charge >= 0.3 is 0 Å². The van der Waals surface area contributed by atoms with Gasteiger partial charge in [0.2, 0.25) is 0 Å². The van der Waals surface area contributed by atoms with Crippen molar-refractivity contribution in [3.05, 3.63) is 66.7 Å². The summed E-state index contributed by atoms with van der Waals surface area (Å²) >= 11 is 0. The molecule has 22 heavy (non-hydrogen) atoms. The van der Waals surface area contributed by atoms with Crippen LogP contribution in [0.5, 0.6) is 0 Å². The van der Waals surface area contributed by atoms with Crippen molar-refractivity contribution in [2.24, 2.45) is 0 Å². The van der Waals surface area contributed by atoms with Crippen LogP contribution in [-0.2, 0) is 9.05 Å². The van der Waals surface area contributed by atoms with Gasteiger partial charge < -0.3 is 4.90 Å². The molecule has 112 valence electrons. The number of para-hydroxylation sites is 1. The molecule has 0 bridgehead atoms. The van der Waals surface area contributed by atoms with Gasteiger partial charge in [0, 0.05) is 29.1 Å². The quantitative estimate of drug-likeness (QED) is 0.661. The summed E-state index contributed by atoms with van der Waals surface area (Å²) < 4.78 is 22.8. The number of fused-ring (bicyclic) bond motifs is 1. The van der Waals surface area contributed by atoms with Gasteiger partial charge in [-0.15, -0.1) is 0 Å². The lowest BCUT2D eigenvalue weighted by Crippen LogP contribution is -2.08. The van der Waals surface area contributed by atoms with Gasteiger partial charge in [-0.2, -0.15) is 0 Å². The fraction of sp³-hybridized carbons (Fsp3) is 0.0588. The Morgan fingerprint density at radius 3 is 2.14 bits per heavy atom. The Balaban J connectivity index is 2.04. The highest BCUT2D eigenvalue weighted by molar-refractivity contribution is 8.13. The molecule has 0 saturated carbocycles. The van der Waals surface area contributed by atoms with Crippen molar-refractivity contribution in [3.63, 3.8) is 0 Å². The van der Waals surface area contributed by atoms with E-state index < -0.39 is 9.05 Å². The van der Waals surface area contributed by atoms with Crippen molar-refractivity contribution in [2.75, 3.05) is 11.9 Å². The van der Waals surface area contributed by atoms with Crippen LogP contribution in [0.4, 0.5) is 11.4 Å². The maximum Gasteiger partial charge on any atom is 0.261 e. The molecule has 0 N–H and O–H groups in total. The molecule has 0 aromatic heterocycles. The first-order valence-electron chi connectivity index (χ1n) is 6.72. The molecule has 3 aromatic carbocycles. The van der Waals surface area contributed by atoms with Crippen LogP contribution < -0.4 is 4.90 Å². The summed E-state index contributed by atoms with van der Waals surface area (Å²) in [6.45, 7) is 0. The lowest BCUT2D eigenvalue weighted by Gasteiger charge is -2.20. The summed E-state index contributed by atoms with van der Waals surface area (Å²) in [4.78, 5) is 2.19. The first kappa shape index (κ1) is 14.9. The van der Waals surface area contributed by atoms with E-state index in [9.17, 15) is 8.42 Å². The zero-order valence-electron chi connectivity index (χ0n) is 11.9. The van der Waals surface area contributed by atoms with Gasteiger partial charge in [-0.05, 0) is 47.2 Å². The lowest BCUT2D eigenvalue weighted by atomic mass is 10.1. The van der Waals surface area contributed by atoms with Crippen LogP contribution >= 0.6 is 10.7 Å². The van der Waals surface area contributed by atoms with Crippen molar-refractivity contribution in [1.82, 2.24) is 0 Å². The van der Waals surface area contributed by atoms with Crippen molar-refractivity contribution in [3.8, 4) is 0 Å². The first-order valence-corrected chi connectivity index (χ1v) is 9.03. The molecular weight excluding hydrogens is 318 g/mol.